The zero-order chi connectivity index (χ0) is 15.1. The lowest BCUT2D eigenvalue weighted by Gasteiger charge is -2.34. The van der Waals surface area contributed by atoms with E-state index in [0.717, 1.165) is 25.1 Å². The lowest BCUT2D eigenvalue weighted by molar-refractivity contribution is -0.120. The average Bonchev–Trinajstić information content (AvgIpc) is 2.50. The summed E-state index contributed by atoms with van der Waals surface area (Å²) in [7, 11) is 0. The largest absolute Gasteiger partial charge is 0.395 e. The first-order valence-electron chi connectivity index (χ1n) is 7.86. The number of likely N-dealkylation sites (tertiary alicyclic amines) is 1. The van der Waals surface area contributed by atoms with E-state index in [1.165, 1.54) is 18.4 Å². The molecule has 116 valence electrons. The molecular formula is C17H26N2O2. The summed E-state index contributed by atoms with van der Waals surface area (Å²) in [6, 6.07) is 8.33. The smallest absolute Gasteiger partial charge is 0.224 e. The van der Waals surface area contributed by atoms with Crippen LogP contribution < -0.4 is 5.32 Å². The van der Waals surface area contributed by atoms with Gasteiger partial charge in [-0.1, -0.05) is 36.2 Å². The van der Waals surface area contributed by atoms with Crippen LogP contribution in [-0.4, -0.2) is 48.2 Å². The Balaban J connectivity index is 1.70. The van der Waals surface area contributed by atoms with Gasteiger partial charge >= 0.3 is 0 Å². The first kappa shape index (κ1) is 16.0. The number of nitrogens with one attached hydrogen (secondary N) is 1. The number of carbonyl (C=O) groups is 1. The van der Waals surface area contributed by atoms with Crippen molar-refractivity contribution in [3.05, 3.63) is 35.4 Å². The van der Waals surface area contributed by atoms with Crippen molar-refractivity contribution in [3.8, 4) is 0 Å². The molecule has 0 unspecified atom stereocenters. The predicted molar refractivity (Wildman–Crippen MR) is 84.2 cm³/mol. The molecule has 2 N–H and O–H groups in total. The molecule has 0 saturated carbocycles. The van der Waals surface area contributed by atoms with E-state index in [2.05, 4.69) is 10.2 Å². The number of aliphatic hydroxyl groups excluding tert-OH is 1. The fraction of sp³-hybridized carbons (Fsp3) is 0.588. The summed E-state index contributed by atoms with van der Waals surface area (Å²) in [5.41, 5.74) is 2.25. The highest BCUT2D eigenvalue weighted by Gasteiger charge is 2.20. The van der Waals surface area contributed by atoms with Gasteiger partial charge in [0.1, 0.15) is 0 Å². The van der Waals surface area contributed by atoms with Crippen LogP contribution in [0.4, 0.5) is 0 Å². The summed E-state index contributed by atoms with van der Waals surface area (Å²) in [6.45, 7) is 4.77. The molecule has 1 heterocycles. The number of carbonyl (C=O) groups excluding carboxylic acids is 1. The summed E-state index contributed by atoms with van der Waals surface area (Å²) in [6.07, 6.45) is 3.88. The number of nitrogens with zero attached hydrogens (tertiary/aromatic N) is 1. The molecule has 0 spiro atoms. The maximum absolute atomic E-state index is 11.9. The van der Waals surface area contributed by atoms with Crippen LogP contribution >= 0.6 is 0 Å². The number of aryl methyl sites for hydroxylation is 1. The second kappa shape index (κ2) is 8.15. The van der Waals surface area contributed by atoms with Gasteiger partial charge in [-0.3, -0.25) is 9.69 Å². The van der Waals surface area contributed by atoms with Crippen LogP contribution in [0.3, 0.4) is 0 Å². The fourth-order valence-electron chi connectivity index (χ4n) is 2.85. The molecule has 1 aliphatic heterocycles. The van der Waals surface area contributed by atoms with Crippen molar-refractivity contribution in [2.75, 3.05) is 26.2 Å². The Hall–Kier alpha value is -1.39. The third-order valence-electron chi connectivity index (χ3n) is 4.17. The molecule has 1 atom stereocenters. The summed E-state index contributed by atoms with van der Waals surface area (Å²) in [5.74, 6) is 0.0661. The van der Waals surface area contributed by atoms with E-state index in [1.54, 1.807) is 0 Å². The monoisotopic (exact) mass is 290 g/mol. The Morgan fingerprint density at radius 1 is 1.33 bits per heavy atom. The van der Waals surface area contributed by atoms with Crippen LogP contribution in [0.2, 0.25) is 0 Å². The van der Waals surface area contributed by atoms with Crippen molar-refractivity contribution in [2.24, 2.45) is 0 Å². The number of aliphatic hydroxyl groups is 1. The third kappa shape index (κ3) is 5.14. The van der Waals surface area contributed by atoms with Crippen LogP contribution in [-0.2, 0) is 11.2 Å². The summed E-state index contributed by atoms with van der Waals surface area (Å²) in [5, 5.41) is 12.3. The Bertz CT molecular complexity index is 445. The van der Waals surface area contributed by atoms with Gasteiger partial charge in [0.05, 0.1) is 13.0 Å². The quantitative estimate of drug-likeness (QED) is 0.835. The number of piperidine rings is 1. The predicted octanol–water partition coefficient (Wildman–Crippen LogP) is 1.50. The summed E-state index contributed by atoms with van der Waals surface area (Å²) < 4.78 is 0. The highest BCUT2D eigenvalue weighted by molar-refractivity contribution is 5.78. The second-order valence-corrected chi connectivity index (χ2v) is 5.88. The highest BCUT2D eigenvalue weighted by atomic mass is 16.3. The number of rotatable bonds is 6. The van der Waals surface area contributed by atoms with E-state index in [4.69, 9.17) is 0 Å². The zero-order valence-corrected chi connectivity index (χ0v) is 12.8. The average molecular weight is 290 g/mol. The van der Waals surface area contributed by atoms with Gasteiger partial charge in [-0.05, 0) is 31.9 Å². The van der Waals surface area contributed by atoms with Crippen molar-refractivity contribution < 1.29 is 9.90 Å². The number of hydrogen-bond acceptors (Lipinski definition) is 3. The van der Waals surface area contributed by atoms with Crippen LogP contribution in [0, 0.1) is 6.92 Å². The molecule has 1 aromatic carbocycles. The Morgan fingerprint density at radius 2 is 2.10 bits per heavy atom. The molecule has 1 fully saturated rings. The maximum Gasteiger partial charge on any atom is 0.224 e. The van der Waals surface area contributed by atoms with Crippen molar-refractivity contribution in [1.82, 2.24) is 10.2 Å². The van der Waals surface area contributed by atoms with Crippen LogP contribution in [0.15, 0.2) is 24.3 Å². The lowest BCUT2D eigenvalue weighted by Crippen LogP contribution is -2.45. The molecule has 0 bridgehead atoms. The van der Waals surface area contributed by atoms with Gasteiger partial charge in [0.25, 0.3) is 0 Å². The molecule has 0 aromatic heterocycles. The topological polar surface area (TPSA) is 52.6 Å². The van der Waals surface area contributed by atoms with Crippen LogP contribution in [0.1, 0.15) is 30.4 Å². The summed E-state index contributed by atoms with van der Waals surface area (Å²) >= 11 is 0. The lowest BCUT2D eigenvalue weighted by atomic mass is 10.0. The molecule has 1 saturated heterocycles. The van der Waals surface area contributed by atoms with E-state index in [1.807, 2.05) is 31.2 Å². The Morgan fingerprint density at radius 3 is 2.81 bits per heavy atom. The van der Waals surface area contributed by atoms with Gasteiger partial charge in [0, 0.05) is 19.1 Å². The molecule has 0 aliphatic carbocycles. The molecular weight excluding hydrogens is 264 g/mol. The molecule has 2 rings (SSSR count). The van der Waals surface area contributed by atoms with Gasteiger partial charge in [0.2, 0.25) is 5.91 Å². The number of benzene rings is 1. The van der Waals surface area contributed by atoms with Gasteiger partial charge < -0.3 is 10.4 Å². The van der Waals surface area contributed by atoms with Crippen molar-refractivity contribution in [2.45, 2.75) is 38.6 Å². The van der Waals surface area contributed by atoms with Crippen LogP contribution in [0.25, 0.3) is 0 Å². The van der Waals surface area contributed by atoms with E-state index in [9.17, 15) is 9.90 Å². The minimum Gasteiger partial charge on any atom is -0.395 e. The first-order chi connectivity index (χ1) is 10.2. The molecule has 1 aliphatic rings. The van der Waals surface area contributed by atoms with Crippen molar-refractivity contribution in [1.29, 1.82) is 0 Å². The molecule has 0 radical (unpaired) electrons. The SMILES string of the molecule is Cc1ccc(CC(=O)NCCN2CCCC[C@H]2CO)cc1. The minimum absolute atomic E-state index is 0.0661. The fourth-order valence-corrected chi connectivity index (χ4v) is 2.85. The first-order valence-corrected chi connectivity index (χ1v) is 7.86. The maximum atomic E-state index is 11.9. The standard InChI is InChI=1S/C17H26N2O2/c1-14-5-7-15(8-6-14)12-17(21)18-9-11-19-10-3-2-4-16(19)13-20/h5-8,16,20H,2-4,9-13H2,1H3,(H,18,21)/t16-/m0/s1. The molecule has 21 heavy (non-hydrogen) atoms. The number of hydrogen-bond donors (Lipinski definition) is 2. The van der Waals surface area contributed by atoms with Gasteiger partial charge in [0.15, 0.2) is 0 Å². The van der Waals surface area contributed by atoms with Crippen molar-refractivity contribution >= 4 is 5.91 Å². The molecule has 4 nitrogen and oxygen atoms in total. The van der Waals surface area contributed by atoms with E-state index in [-0.39, 0.29) is 18.6 Å². The van der Waals surface area contributed by atoms with Crippen molar-refractivity contribution in [3.63, 3.8) is 0 Å². The second-order valence-electron chi connectivity index (χ2n) is 5.88. The normalized spacial score (nSPS) is 19.4. The highest BCUT2D eigenvalue weighted by Crippen LogP contribution is 2.15. The van der Waals surface area contributed by atoms with Gasteiger partial charge in [-0.25, -0.2) is 0 Å². The minimum atomic E-state index is 0.0661. The Kier molecular flexibility index (Phi) is 6.21. The van der Waals surface area contributed by atoms with Gasteiger partial charge in [-0.15, -0.1) is 0 Å². The van der Waals surface area contributed by atoms with E-state index < -0.39 is 0 Å². The van der Waals surface area contributed by atoms with Crippen LogP contribution in [0.5, 0.6) is 0 Å². The van der Waals surface area contributed by atoms with E-state index >= 15 is 0 Å². The van der Waals surface area contributed by atoms with E-state index in [0.29, 0.717) is 13.0 Å². The number of amides is 1. The zero-order valence-electron chi connectivity index (χ0n) is 12.8. The van der Waals surface area contributed by atoms with Gasteiger partial charge in [-0.2, -0.15) is 0 Å². The molecule has 4 heteroatoms. The summed E-state index contributed by atoms with van der Waals surface area (Å²) in [4.78, 5) is 14.2. The molecule has 1 aromatic rings. The third-order valence-corrected chi connectivity index (χ3v) is 4.17. The Labute approximate surface area is 127 Å². The molecule has 1 amide bonds.